The smallest absolute Gasteiger partial charge is 0.229 e. The summed E-state index contributed by atoms with van der Waals surface area (Å²) in [6.45, 7) is 1.80. The Hall–Kier alpha value is -3.43. The van der Waals surface area contributed by atoms with Crippen LogP contribution < -0.4 is 10.6 Å². The zero-order valence-corrected chi connectivity index (χ0v) is 18.8. The highest BCUT2D eigenvalue weighted by molar-refractivity contribution is 6.33. The quantitative estimate of drug-likeness (QED) is 0.440. The molecule has 5 rings (SSSR count). The topological polar surface area (TPSA) is 84.7 Å². The van der Waals surface area contributed by atoms with Crippen molar-refractivity contribution in [1.82, 2.24) is 25.3 Å². The van der Waals surface area contributed by atoms with Crippen molar-refractivity contribution in [3.05, 3.63) is 70.9 Å². The molecule has 1 amide bonds. The van der Waals surface area contributed by atoms with Crippen LogP contribution >= 0.6 is 11.6 Å². The van der Waals surface area contributed by atoms with Gasteiger partial charge in [-0.3, -0.25) is 4.79 Å². The van der Waals surface area contributed by atoms with Gasteiger partial charge in [0.05, 0.1) is 23.0 Å². The molecule has 3 heterocycles. The van der Waals surface area contributed by atoms with Crippen LogP contribution in [0.15, 0.2) is 48.7 Å². The van der Waals surface area contributed by atoms with Crippen molar-refractivity contribution in [1.29, 1.82) is 0 Å². The predicted octanol–water partition coefficient (Wildman–Crippen LogP) is 4.41. The second-order valence-electron chi connectivity index (χ2n) is 8.28. The third-order valence-corrected chi connectivity index (χ3v) is 6.22. The summed E-state index contributed by atoms with van der Waals surface area (Å²) < 4.78 is 28.5. The van der Waals surface area contributed by atoms with Gasteiger partial charge in [-0.1, -0.05) is 28.9 Å². The van der Waals surface area contributed by atoms with E-state index in [1.165, 1.54) is 12.3 Å². The number of pyridine rings is 1. The molecule has 2 N–H and O–H groups in total. The molecule has 1 aliphatic heterocycles. The van der Waals surface area contributed by atoms with Gasteiger partial charge in [0.25, 0.3) is 0 Å². The molecule has 2 aromatic heterocycles. The van der Waals surface area contributed by atoms with E-state index < -0.39 is 11.6 Å². The third-order valence-electron chi connectivity index (χ3n) is 5.92. The molecule has 10 heteroatoms. The highest BCUT2D eigenvalue weighted by Gasteiger charge is 2.21. The first kappa shape index (κ1) is 22.4. The normalized spacial score (nSPS) is 16.0. The van der Waals surface area contributed by atoms with Crippen LogP contribution in [0.25, 0.3) is 22.2 Å². The molecule has 0 bridgehead atoms. The van der Waals surface area contributed by atoms with Crippen LogP contribution in [-0.2, 0) is 11.3 Å². The van der Waals surface area contributed by atoms with Crippen molar-refractivity contribution in [3.63, 3.8) is 0 Å². The van der Waals surface area contributed by atoms with E-state index in [2.05, 4.69) is 25.9 Å². The maximum Gasteiger partial charge on any atom is 0.229 e. The number of benzene rings is 2. The van der Waals surface area contributed by atoms with Gasteiger partial charge in [-0.2, -0.15) is 0 Å². The van der Waals surface area contributed by atoms with Crippen LogP contribution in [0.4, 0.5) is 14.6 Å². The van der Waals surface area contributed by atoms with Gasteiger partial charge in [-0.25, -0.2) is 18.4 Å². The van der Waals surface area contributed by atoms with E-state index in [1.54, 1.807) is 10.7 Å². The van der Waals surface area contributed by atoms with Crippen LogP contribution in [0.5, 0.6) is 0 Å². The summed E-state index contributed by atoms with van der Waals surface area (Å²) in [6, 6.07) is 11.0. The highest BCUT2D eigenvalue weighted by atomic mass is 35.5. The van der Waals surface area contributed by atoms with E-state index >= 15 is 0 Å². The van der Waals surface area contributed by atoms with Crippen molar-refractivity contribution in [2.24, 2.45) is 5.92 Å². The number of amides is 1. The molecular weight excluding hydrogens is 462 g/mol. The molecule has 34 heavy (non-hydrogen) atoms. The number of piperidine rings is 1. The number of nitrogens with zero attached hydrogens (tertiary/aromatic N) is 4. The lowest BCUT2D eigenvalue weighted by Crippen LogP contribution is -2.37. The largest absolute Gasteiger partial charge is 0.316 e. The number of aromatic nitrogens is 4. The van der Waals surface area contributed by atoms with E-state index in [0.717, 1.165) is 37.1 Å². The molecule has 0 saturated carbocycles. The number of hydrogen-bond acceptors (Lipinski definition) is 5. The minimum atomic E-state index is -0.912. The number of nitrogens with one attached hydrogen (secondary N) is 2. The van der Waals surface area contributed by atoms with Crippen LogP contribution in [0.3, 0.4) is 0 Å². The summed E-state index contributed by atoms with van der Waals surface area (Å²) in [4.78, 5) is 16.9. The Morgan fingerprint density at radius 1 is 1.18 bits per heavy atom. The fourth-order valence-electron chi connectivity index (χ4n) is 4.09. The average molecular weight is 483 g/mol. The Bertz CT molecular complexity index is 1370. The SMILES string of the molecule is O=C(Nc1cc(-c2ccc3nnn(Cc4ccc(F)c(F)c4)c3c2)c(Cl)cn1)C1CCCNC1. The van der Waals surface area contributed by atoms with Gasteiger partial charge in [0, 0.05) is 18.3 Å². The van der Waals surface area contributed by atoms with Crippen LogP contribution in [0, 0.1) is 17.6 Å². The van der Waals surface area contributed by atoms with E-state index in [-0.39, 0.29) is 18.4 Å². The first-order valence-corrected chi connectivity index (χ1v) is 11.3. The number of rotatable bonds is 5. The molecule has 0 radical (unpaired) electrons. The third kappa shape index (κ3) is 4.62. The molecule has 4 aromatic rings. The monoisotopic (exact) mass is 482 g/mol. The zero-order chi connectivity index (χ0) is 23.7. The fraction of sp³-hybridized carbons (Fsp3) is 0.250. The number of carbonyl (C=O) groups excluding carboxylic acids is 1. The van der Waals surface area contributed by atoms with Gasteiger partial charge < -0.3 is 10.6 Å². The van der Waals surface area contributed by atoms with Gasteiger partial charge in [0.2, 0.25) is 5.91 Å². The van der Waals surface area contributed by atoms with Gasteiger partial charge in [-0.15, -0.1) is 5.10 Å². The second-order valence-corrected chi connectivity index (χ2v) is 8.69. The molecular formula is C24H21ClF2N6O. The Morgan fingerprint density at radius 2 is 2.06 bits per heavy atom. The summed E-state index contributed by atoms with van der Waals surface area (Å²) in [5.74, 6) is -1.56. The van der Waals surface area contributed by atoms with Crippen molar-refractivity contribution < 1.29 is 13.6 Å². The summed E-state index contributed by atoms with van der Waals surface area (Å²) in [5, 5.41) is 14.9. The standard InChI is InChI=1S/C24H21ClF2N6O/c25-18-12-29-23(30-24(34)16-2-1-7-28-11-16)10-17(18)15-4-6-21-22(9-15)33(32-31-21)13-14-3-5-19(26)20(27)8-14/h3-6,8-10,12,16,28H,1-2,7,11,13H2,(H,29,30,34). The van der Waals surface area contributed by atoms with E-state index in [4.69, 9.17) is 11.6 Å². The summed E-state index contributed by atoms with van der Waals surface area (Å²) in [5.41, 5.74) is 3.38. The number of hydrogen-bond donors (Lipinski definition) is 2. The van der Waals surface area contributed by atoms with Crippen molar-refractivity contribution in [3.8, 4) is 11.1 Å². The predicted molar refractivity (Wildman–Crippen MR) is 125 cm³/mol. The summed E-state index contributed by atoms with van der Waals surface area (Å²) >= 11 is 6.44. The molecule has 7 nitrogen and oxygen atoms in total. The van der Waals surface area contributed by atoms with Crippen molar-refractivity contribution in [2.75, 3.05) is 18.4 Å². The molecule has 174 valence electrons. The van der Waals surface area contributed by atoms with Crippen LogP contribution in [-0.4, -0.2) is 39.0 Å². The Kier molecular flexibility index (Phi) is 6.21. The van der Waals surface area contributed by atoms with Crippen LogP contribution in [0.1, 0.15) is 18.4 Å². The first-order chi connectivity index (χ1) is 16.5. The Morgan fingerprint density at radius 3 is 2.85 bits per heavy atom. The fourth-order valence-corrected chi connectivity index (χ4v) is 4.30. The molecule has 2 aromatic carbocycles. The van der Waals surface area contributed by atoms with Gasteiger partial charge in [0.1, 0.15) is 11.3 Å². The molecule has 1 saturated heterocycles. The van der Waals surface area contributed by atoms with E-state index in [1.807, 2.05) is 18.2 Å². The van der Waals surface area contributed by atoms with E-state index in [9.17, 15) is 13.6 Å². The maximum absolute atomic E-state index is 13.6. The number of carbonyl (C=O) groups is 1. The number of halogens is 3. The van der Waals surface area contributed by atoms with Gasteiger partial charge in [-0.05, 0) is 60.8 Å². The molecule has 1 aliphatic rings. The molecule has 1 fully saturated rings. The van der Waals surface area contributed by atoms with Gasteiger partial charge >= 0.3 is 0 Å². The van der Waals surface area contributed by atoms with Gasteiger partial charge in [0.15, 0.2) is 11.6 Å². The Labute approximate surface area is 199 Å². The highest BCUT2D eigenvalue weighted by Crippen LogP contribution is 2.31. The molecule has 0 aliphatic carbocycles. The second kappa shape index (κ2) is 9.44. The first-order valence-electron chi connectivity index (χ1n) is 10.9. The number of anilines is 1. The van der Waals surface area contributed by atoms with Crippen molar-refractivity contribution in [2.45, 2.75) is 19.4 Å². The van der Waals surface area contributed by atoms with Crippen molar-refractivity contribution >= 4 is 34.4 Å². The average Bonchev–Trinajstić information content (AvgIpc) is 3.25. The lowest BCUT2D eigenvalue weighted by Gasteiger charge is -2.21. The molecule has 0 spiro atoms. The zero-order valence-electron chi connectivity index (χ0n) is 18.1. The molecule has 1 atom stereocenters. The lowest BCUT2D eigenvalue weighted by molar-refractivity contribution is -0.120. The van der Waals surface area contributed by atoms with E-state index in [0.29, 0.717) is 39.5 Å². The minimum absolute atomic E-state index is 0.0720. The summed E-state index contributed by atoms with van der Waals surface area (Å²) in [7, 11) is 0. The number of fused-ring (bicyclic) bond motifs is 1. The maximum atomic E-state index is 13.6. The van der Waals surface area contributed by atoms with Crippen LogP contribution in [0.2, 0.25) is 5.02 Å². The Balaban J connectivity index is 1.43. The lowest BCUT2D eigenvalue weighted by atomic mass is 9.99. The minimum Gasteiger partial charge on any atom is -0.316 e. The molecule has 1 unspecified atom stereocenters. The summed E-state index contributed by atoms with van der Waals surface area (Å²) in [6.07, 6.45) is 3.31.